The summed E-state index contributed by atoms with van der Waals surface area (Å²) in [4.78, 5) is 2.33. The number of hydrogen-bond acceptors (Lipinski definition) is 3. The monoisotopic (exact) mass is 703 g/mol. The van der Waals surface area contributed by atoms with E-state index in [0.29, 0.717) is 0 Å². The Morgan fingerprint density at radius 2 is 0.909 bits per heavy atom. The average Bonchev–Trinajstić information content (AvgIpc) is 3.83. The minimum absolute atomic E-state index is 0.877. The van der Waals surface area contributed by atoms with Crippen LogP contribution in [-0.4, -0.2) is 0 Å². The number of para-hydroxylation sites is 1. The first-order valence-electron chi connectivity index (χ1n) is 18.7. The standard InChI is InChI=1S/C52H33NO2/c1-2-10-34(11-3-1)38-13-8-14-39(32-38)35-20-25-40(26-21-35)53(42-29-31-49-47(33-42)45-16-6-7-18-48(45)54-49)41-27-22-37(23-28-41)43-17-9-19-50-51(43)46-30-24-36-12-4-5-15-44(36)52(46)55-50/h1-33H. The van der Waals surface area contributed by atoms with Gasteiger partial charge in [0, 0.05) is 44.0 Å². The molecule has 0 fully saturated rings. The maximum atomic E-state index is 6.52. The van der Waals surface area contributed by atoms with E-state index in [0.717, 1.165) is 77.5 Å². The SMILES string of the molecule is c1ccc(-c2cccc(-c3ccc(N(c4ccc(-c5cccc6oc7c8ccccc8ccc7c56)cc4)c4ccc5oc6ccccc6c5c4)cc3)c2)cc1. The molecular weight excluding hydrogens is 671 g/mol. The number of nitrogens with zero attached hydrogens (tertiary/aromatic N) is 1. The molecular formula is C52H33NO2. The number of anilines is 3. The van der Waals surface area contributed by atoms with E-state index in [-0.39, 0.29) is 0 Å². The van der Waals surface area contributed by atoms with E-state index in [4.69, 9.17) is 8.83 Å². The molecule has 11 rings (SSSR count). The third-order valence-corrected chi connectivity index (χ3v) is 10.9. The molecule has 0 bridgehead atoms. The van der Waals surface area contributed by atoms with Crippen LogP contribution in [0.5, 0.6) is 0 Å². The smallest absolute Gasteiger partial charge is 0.143 e. The summed E-state index contributed by atoms with van der Waals surface area (Å²) in [6.45, 7) is 0. The fraction of sp³-hybridized carbons (Fsp3) is 0. The summed E-state index contributed by atoms with van der Waals surface area (Å²) in [7, 11) is 0. The summed E-state index contributed by atoms with van der Waals surface area (Å²) in [6, 6.07) is 71.0. The lowest BCUT2D eigenvalue weighted by Gasteiger charge is -2.26. The number of hydrogen-bond donors (Lipinski definition) is 0. The van der Waals surface area contributed by atoms with Crippen LogP contribution in [0.4, 0.5) is 17.1 Å². The van der Waals surface area contributed by atoms with Crippen LogP contribution >= 0.6 is 0 Å². The number of benzene rings is 9. The van der Waals surface area contributed by atoms with Gasteiger partial charge in [0.25, 0.3) is 0 Å². The van der Waals surface area contributed by atoms with E-state index in [1.807, 2.05) is 12.1 Å². The molecule has 3 heteroatoms. The van der Waals surface area contributed by atoms with Crippen LogP contribution < -0.4 is 4.90 Å². The molecule has 11 aromatic rings. The van der Waals surface area contributed by atoms with Crippen LogP contribution in [0.25, 0.3) is 88.0 Å². The average molecular weight is 704 g/mol. The quantitative estimate of drug-likeness (QED) is 0.173. The second kappa shape index (κ2) is 12.6. The first kappa shape index (κ1) is 31.2. The fourth-order valence-corrected chi connectivity index (χ4v) is 8.20. The molecule has 0 aliphatic carbocycles. The van der Waals surface area contributed by atoms with Gasteiger partial charge in [-0.05, 0) is 105 Å². The van der Waals surface area contributed by atoms with E-state index in [9.17, 15) is 0 Å². The van der Waals surface area contributed by atoms with Crippen molar-refractivity contribution in [3.05, 3.63) is 200 Å². The third kappa shape index (κ3) is 5.28. The molecule has 0 aliphatic rings. The minimum atomic E-state index is 0.877. The van der Waals surface area contributed by atoms with Gasteiger partial charge in [-0.15, -0.1) is 0 Å². The number of fused-ring (bicyclic) bond motifs is 8. The second-order valence-corrected chi connectivity index (χ2v) is 14.1. The molecule has 0 amide bonds. The summed E-state index contributed by atoms with van der Waals surface area (Å²) in [5.74, 6) is 0. The highest BCUT2D eigenvalue weighted by Crippen LogP contribution is 2.43. The van der Waals surface area contributed by atoms with E-state index in [2.05, 4.69) is 193 Å². The van der Waals surface area contributed by atoms with E-state index in [1.54, 1.807) is 0 Å². The van der Waals surface area contributed by atoms with Gasteiger partial charge in [0.1, 0.15) is 22.3 Å². The van der Waals surface area contributed by atoms with Crippen LogP contribution in [-0.2, 0) is 0 Å². The van der Waals surface area contributed by atoms with Crippen molar-refractivity contribution >= 4 is 71.7 Å². The van der Waals surface area contributed by atoms with Crippen molar-refractivity contribution in [3.8, 4) is 33.4 Å². The lowest BCUT2D eigenvalue weighted by atomic mass is 9.97. The molecule has 0 saturated carbocycles. The van der Waals surface area contributed by atoms with Gasteiger partial charge in [0.2, 0.25) is 0 Å². The van der Waals surface area contributed by atoms with Crippen molar-refractivity contribution < 1.29 is 8.83 Å². The molecule has 2 heterocycles. The molecule has 2 aromatic heterocycles. The second-order valence-electron chi connectivity index (χ2n) is 14.1. The van der Waals surface area contributed by atoms with Crippen LogP contribution in [0.3, 0.4) is 0 Å². The molecule has 0 spiro atoms. The van der Waals surface area contributed by atoms with Crippen molar-refractivity contribution in [1.82, 2.24) is 0 Å². The summed E-state index contributed by atoms with van der Waals surface area (Å²) < 4.78 is 12.7. The van der Waals surface area contributed by atoms with Crippen molar-refractivity contribution in [3.63, 3.8) is 0 Å². The summed E-state index contributed by atoms with van der Waals surface area (Å²) in [6.07, 6.45) is 0. The number of furan rings is 2. The molecule has 258 valence electrons. The van der Waals surface area contributed by atoms with Crippen molar-refractivity contribution in [2.75, 3.05) is 4.90 Å². The zero-order valence-electron chi connectivity index (χ0n) is 29.8. The first-order chi connectivity index (χ1) is 27.2. The third-order valence-electron chi connectivity index (χ3n) is 10.9. The van der Waals surface area contributed by atoms with Gasteiger partial charge in [0.05, 0.1) is 0 Å². The minimum Gasteiger partial charge on any atom is -0.456 e. The maximum absolute atomic E-state index is 6.52. The molecule has 0 N–H and O–H groups in total. The van der Waals surface area contributed by atoms with Crippen LogP contribution in [0.15, 0.2) is 209 Å². The Morgan fingerprint density at radius 3 is 1.71 bits per heavy atom. The van der Waals surface area contributed by atoms with E-state index < -0.39 is 0 Å². The summed E-state index contributed by atoms with van der Waals surface area (Å²) >= 11 is 0. The highest BCUT2D eigenvalue weighted by atomic mass is 16.3. The normalized spacial score (nSPS) is 11.6. The van der Waals surface area contributed by atoms with Gasteiger partial charge in [-0.25, -0.2) is 0 Å². The molecule has 9 aromatic carbocycles. The highest BCUT2D eigenvalue weighted by molar-refractivity contribution is 6.19. The Kier molecular flexibility index (Phi) is 7.17. The molecule has 0 unspecified atom stereocenters. The molecule has 0 aliphatic heterocycles. The van der Waals surface area contributed by atoms with E-state index in [1.165, 1.54) is 27.6 Å². The molecule has 3 nitrogen and oxygen atoms in total. The molecule has 55 heavy (non-hydrogen) atoms. The predicted octanol–water partition coefficient (Wildman–Crippen LogP) is 15.1. The largest absolute Gasteiger partial charge is 0.456 e. The van der Waals surface area contributed by atoms with Gasteiger partial charge in [0.15, 0.2) is 0 Å². The highest BCUT2D eigenvalue weighted by Gasteiger charge is 2.18. The van der Waals surface area contributed by atoms with Crippen molar-refractivity contribution in [1.29, 1.82) is 0 Å². The Bertz CT molecular complexity index is 3190. The summed E-state index contributed by atoms with van der Waals surface area (Å²) in [5, 5.41) is 6.77. The molecule has 0 atom stereocenters. The Balaban J connectivity index is 1.02. The summed E-state index contributed by atoms with van der Waals surface area (Å²) in [5.41, 5.74) is 13.8. The lowest BCUT2D eigenvalue weighted by molar-refractivity contribution is 0.669. The molecule has 0 saturated heterocycles. The van der Waals surface area contributed by atoms with Gasteiger partial charge in [-0.1, -0.05) is 133 Å². The predicted molar refractivity (Wildman–Crippen MR) is 229 cm³/mol. The van der Waals surface area contributed by atoms with Gasteiger partial charge in [-0.2, -0.15) is 0 Å². The van der Waals surface area contributed by atoms with Crippen LogP contribution in [0, 0.1) is 0 Å². The first-order valence-corrected chi connectivity index (χ1v) is 18.7. The van der Waals surface area contributed by atoms with Gasteiger partial charge >= 0.3 is 0 Å². The van der Waals surface area contributed by atoms with Crippen molar-refractivity contribution in [2.45, 2.75) is 0 Å². The Hall–Kier alpha value is -7.36. The fourth-order valence-electron chi connectivity index (χ4n) is 8.20. The number of rotatable bonds is 6. The van der Waals surface area contributed by atoms with Crippen molar-refractivity contribution in [2.24, 2.45) is 0 Å². The maximum Gasteiger partial charge on any atom is 0.143 e. The molecule has 0 radical (unpaired) electrons. The lowest BCUT2D eigenvalue weighted by Crippen LogP contribution is -2.09. The van der Waals surface area contributed by atoms with Gasteiger partial charge in [-0.3, -0.25) is 0 Å². The topological polar surface area (TPSA) is 29.5 Å². The zero-order valence-corrected chi connectivity index (χ0v) is 29.8. The zero-order chi connectivity index (χ0) is 36.3. The van der Waals surface area contributed by atoms with Gasteiger partial charge < -0.3 is 13.7 Å². The van der Waals surface area contributed by atoms with E-state index >= 15 is 0 Å². The van der Waals surface area contributed by atoms with Crippen LogP contribution in [0.1, 0.15) is 0 Å². The Labute approximate surface area is 317 Å². The Morgan fingerprint density at radius 1 is 0.309 bits per heavy atom. The van der Waals surface area contributed by atoms with Crippen LogP contribution in [0.2, 0.25) is 0 Å².